The molecule has 0 aliphatic rings. The Morgan fingerprint density at radius 1 is 0.864 bits per heavy atom. The maximum atomic E-state index is 10.9. The van der Waals surface area contributed by atoms with Crippen LogP contribution in [0, 0.1) is 5.92 Å². The molecule has 2 heteroatoms. The van der Waals surface area contributed by atoms with Gasteiger partial charge in [-0.2, -0.15) is 0 Å². The quantitative estimate of drug-likeness (QED) is 0.302. The van der Waals surface area contributed by atoms with Crippen molar-refractivity contribution in [3.8, 4) is 0 Å². The first-order valence-corrected chi connectivity index (χ1v) is 8.90. The number of hydrogen-bond acceptors (Lipinski definition) is 1. The molecule has 0 rings (SSSR count). The highest BCUT2D eigenvalue weighted by Crippen LogP contribution is 2.15. The average molecular weight is 306 g/mol. The molecule has 0 heterocycles. The van der Waals surface area contributed by atoms with Crippen LogP contribution in [0.15, 0.2) is 36.5 Å². The van der Waals surface area contributed by atoms with E-state index in [1.54, 1.807) is 0 Å². The molecule has 22 heavy (non-hydrogen) atoms. The Balaban J connectivity index is 3.40. The molecule has 1 N–H and O–H groups in total. The zero-order valence-electron chi connectivity index (χ0n) is 14.5. The lowest BCUT2D eigenvalue weighted by molar-refractivity contribution is -0.142. The molecular weight excluding hydrogens is 272 g/mol. The van der Waals surface area contributed by atoms with Gasteiger partial charge in [0.1, 0.15) is 0 Å². The van der Waals surface area contributed by atoms with E-state index in [4.69, 9.17) is 5.11 Å². The van der Waals surface area contributed by atoms with Gasteiger partial charge >= 0.3 is 5.97 Å². The number of carboxylic acid groups (broad SMARTS) is 1. The number of rotatable bonds is 14. The molecule has 0 aromatic heterocycles. The summed E-state index contributed by atoms with van der Waals surface area (Å²) in [5, 5.41) is 8.96. The highest BCUT2D eigenvalue weighted by atomic mass is 16.4. The van der Waals surface area contributed by atoms with Crippen molar-refractivity contribution in [2.24, 2.45) is 5.92 Å². The molecule has 0 aliphatic heterocycles. The minimum absolute atomic E-state index is 0.140. The van der Waals surface area contributed by atoms with E-state index in [1.807, 2.05) is 6.92 Å². The number of carboxylic acids is 1. The Bertz CT molecular complexity index is 340. The summed E-state index contributed by atoms with van der Waals surface area (Å²) >= 11 is 0. The molecule has 1 atom stereocenters. The van der Waals surface area contributed by atoms with Crippen LogP contribution >= 0.6 is 0 Å². The van der Waals surface area contributed by atoms with Crippen LogP contribution < -0.4 is 0 Å². The predicted molar refractivity (Wildman–Crippen MR) is 96.1 cm³/mol. The van der Waals surface area contributed by atoms with Crippen molar-refractivity contribution in [3.05, 3.63) is 36.5 Å². The lowest BCUT2D eigenvalue weighted by atomic mass is 9.98. The molecule has 0 bridgehead atoms. The van der Waals surface area contributed by atoms with Gasteiger partial charge in [0.2, 0.25) is 0 Å². The third-order valence-electron chi connectivity index (χ3n) is 3.80. The Kier molecular flexibility index (Phi) is 15.1. The van der Waals surface area contributed by atoms with Crippen molar-refractivity contribution in [1.82, 2.24) is 0 Å². The van der Waals surface area contributed by atoms with Gasteiger partial charge in [0.05, 0.1) is 5.92 Å². The topological polar surface area (TPSA) is 37.3 Å². The molecule has 0 saturated carbocycles. The highest BCUT2D eigenvalue weighted by Gasteiger charge is 2.13. The Labute approximate surface area is 137 Å². The fraction of sp³-hybridized carbons (Fsp3) is 0.650. The fourth-order valence-electron chi connectivity index (χ4n) is 2.34. The Hall–Kier alpha value is -1.31. The van der Waals surface area contributed by atoms with Crippen LogP contribution in [0.4, 0.5) is 0 Å². The molecule has 1 unspecified atom stereocenters. The summed E-state index contributed by atoms with van der Waals surface area (Å²) in [6.07, 6.45) is 23.8. The molecule has 0 fully saturated rings. The molecular formula is C20H34O2. The normalized spacial score (nSPS) is 13.5. The van der Waals surface area contributed by atoms with Crippen LogP contribution in [-0.2, 0) is 4.79 Å². The Morgan fingerprint density at radius 2 is 1.45 bits per heavy atom. The molecule has 0 aromatic rings. The molecule has 126 valence electrons. The lowest BCUT2D eigenvalue weighted by Crippen LogP contribution is -2.12. The second-order valence-corrected chi connectivity index (χ2v) is 5.73. The van der Waals surface area contributed by atoms with Crippen LogP contribution in [0.1, 0.15) is 78.1 Å². The van der Waals surface area contributed by atoms with E-state index >= 15 is 0 Å². The minimum Gasteiger partial charge on any atom is -0.481 e. The number of hydrogen-bond donors (Lipinski definition) is 1. The van der Waals surface area contributed by atoms with Gasteiger partial charge in [0.15, 0.2) is 0 Å². The van der Waals surface area contributed by atoms with Crippen LogP contribution in [0.5, 0.6) is 0 Å². The fourth-order valence-corrected chi connectivity index (χ4v) is 2.34. The average Bonchev–Trinajstić information content (AvgIpc) is 2.51. The van der Waals surface area contributed by atoms with Crippen LogP contribution in [0.2, 0.25) is 0 Å². The predicted octanol–water partition coefficient (Wildman–Crippen LogP) is 6.30. The molecule has 0 saturated heterocycles. The molecule has 0 radical (unpaired) electrons. The number of carbonyl (C=O) groups is 1. The molecule has 0 aliphatic carbocycles. The zero-order chi connectivity index (χ0) is 16.5. The van der Waals surface area contributed by atoms with Crippen LogP contribution in [-0.4, -0.2) is 11.1 Å². The molecule has 0 aromatic carbocycles. The van der Waals surface area contributed by atoms with Gasteiger partial charge in [0, 0.05) is 0 Å². The first-order chi connectivity index (χ1) is 10.7. The number of unbranched alkanes of at least 4 members (excludes halogenated alkanes) is 4. The minimum atomic E-state index is -0.635. The second-order valence-electron chi connectivity index (χ2n) is 5.73. The standard InChI is InChI=1S/C20H34O2/c1-3-5-6-7-8-9-10-11-12-13-14-15-16-17-18-19(4-2)20(21)22/h5-6,8-9,11-12,19H,3-4,7,10,13-18H2,1-2H3,(H,21,22)/b6-5+,9-8+,12-11+. The maximum absolute atomic E-state index is 10.9. The first kappa shape index (κ1) is 20.7. The zero-order valence-corrected chi connectivity index (χ0v) is 14.5. The number of allylic oxidation sites excluding steroid dienone is 6. The van der Waals surface area contributed by atoms with Gasteiger partial charge in [-0.25, -0.2) is 0 Å². The molecule has 2 nitrogen and oxygen atoms in total. The van der Waals surface area contributed by atoms with E-state index in [0.29, 0.717) is 0 Å². The smallest absolute Gasteiger partial charge is 0.306 e. The lowest BCUT2D eigenvalue weighted by Gasteiger charge is -2.08. The second kappa shape index (κ2) is 16.1. The van der Waals surface area contributed by atoms with Gasteiger partial charge in [-0.1, -0.05) is 69.6 Å². The third kappa shape index (κ3) is 13.7. The summed E-state index contributed by atoms with van der Waals surface area (Å²) in [6.45, 7) is 4.11. The van der Waals surface area contributed by atoms with E-state index in [2.05, 4.69) is 43.4 Å². The van der Waals surface area contributed by atoms with Crippen molar-refractivity contribution in [2.75, 3.05) is 0 Å². The summed E-state index contributed by atoms with van der Waals surface area (Å²) < 4.78 is 0. The van der Waals surface area contributed by atoms with Crippen molar-refractivity contribution < 1.29 is 9.90 Å². The maximum Gasteiger partial charge on any atom is 0.306 e. The van der Waals surface area contributed by atoms with Crippen LogP contribution in [0.25, 0.3) is 0 Å². The van der Waals surface area contributed by atoms with Crippen molar-refractivity contribution in [3.63, 3.8) is 0 Å². The van der Waals surface area contributed by atoms with Gasteiger partial charge in [-0.3, -0.25) is 4.79 Å². The summed E-state index contributed by atoms with van der Waals surface area (Å²) in [4.78, 5) is 10.9. The van der Waals surface area contributed by atoms with Crippen molar-refractivity contribution in [1.29, 1.82) is 0 Å². The number of aliphatic carboxylic acids is 1. The van der Waals surface area contributed by atoms with E-state index in [9.17, 15) is 4.79 Å². The van der Waals surface area contributed by atoms with Crippen molar-refractivity contribution >= 4 is 5.97 Å². The third-order valence-corrected chi connectivity index (χ3v) is 3.80. The van der Waals surface area contributed by atoms with E-state index < -0.39 is 5.97 Å². The van der Waals surface area contributed by atoms with E-state index in [1.165, 1.54) is 12.8 Å². The molecule has 0 spiro atoms. The first-order valence-electron chi connectivity index (χ1n) is 8.90. The SMILES string of the molecule is CC/C=C/C/C=C/C/C=C/CCCCCCC(CC)C(=O)O. The highest BCUT2D eigenvalue weighted by molar-refractivity contribution is 5.69. The van der Waals surface area contributed by atoms with Crippen LogP contribution in [0.3, 0.4) is 0 Å². The van der Waals surface area contributed by atoms with Gasteiger partial charge < -0.3 is 5.11 Å². The van der Waals surface area contributed by atoms with Crippen molar-refractivity contribution in [2.45, 2.75) is 78.1 Å². The Morgan fingerprint density at radius 3 is 2.05 bits per heavy atom. The summed E-state index contributed by atoms with van der Waals surface area (Å²) in [5.41, 5.74) is 0. The van der Waals surface area contributed by atoms with E-state index in [-0.39, 0.29) is 5.92 Å². The van der Waals surface area contributed by atoms with Gasteiger partial charge in [-0.15, -0.1) is 0 Å². The van der Waals surface area contributed by atoms with Gasteiger partial charge in [-0.05, 0) is 44.9 Å². The summed E-state index contributed by atoms with van der Waals surface area (Å²) in [5.74, 6) is -0.775. The van der Waals surface area contributed by atoms with E-state index in [0.717, 1.165) is 51.4 Å². The summed E-state index contributed by atoms with van der Waals surface area (Å²) in [6, 6.07) is 0. The summed E-state index contributed by atoms with van der Waals surface area (Å²) in [7, 11) is 0. The molecule has 0 amide bonds. The monoisotopic (exact) mass is 306 g/mol. The largest absolute Gasteiger partial charge is 0.481 e. The van der Waals surface area contributed by atoms with Gasteiger partial charge in [0.25, 0.3) is 0 Å².